The Balaban J connectivity index is 1.45. The summed E-state index contributed by atoms with van der Waals surface area (Å²) in [6.45, 7) is 4.15. The van der Waals surface area contributed by atoms with Crippen molar-refractivity contribution < 1.29 is 9.59 Å². The van der Waals surface area contributed by atoms with Gasteiger partial charge in [-0.05, 0) is 44.2 Å². The lowest BCUT2D eigenvalue weighted by Gasteiger charge is -2.32. The van der Waals surface area contributed by atoms with Crippen LogP contribution < -0.4 is 5.32 Å². The molecular weight excluding hydrogens is 374 g/mol. The van der Waals surface area contributed by atoms with E-state index in [0.29, 0.717) is 19.0 Å². The van der Waals surface area contributed by atoms with Gasteiger partial charge in [-0.1, -0.05) is 44.4 Å². The molecule has 5 nitrogen and oxygen atoms in total. The third-order valence-electron chi connectivity index (χ3n) is 6.37. The number of amides is 2. The van der Waals surface area contributed by atoms with Crippen molar-refractivity contribution in [3.05, 3.63) is 41.6 Å². The summed E-state index contributed by atoms with van der Waals surface area (Å²) in [7, 11) is 0. The van der Waals surface area contributed by atoms with Crippen LogP contribution in [0.25, 0.3) is 10.9 Å². The predicted molar refractivity (Wildman–Crippen MR) is 119 cm³/mol. The van der Waals surface area contributed by atoms with Crippen LogP contribution in [0.5, 0.6) is 0 Å². The van der Waals surface area contributed by atoms with Gasteiger partial charge < -0.3 is 10.2 Å². The van der Waals surface area contributed by atoms with E-state index in [-0.39, 0.29) is 17.7 Å². The number of hydrogen-bond donors (Lipinski definition) is 1. The van der Waals surface area contributed by atoms with E-state index in [9.17, 15) is 9.59 Å². The van der Waals surface area contributed by atoms with Gasteiger partial charge in [0.25, 0.3) is 5.91 Å². The topological polar surface area (TPSA) is 62.3 Å². The second-order valence-corrected chi connectivity index (χ2v) is 8.83. The van der Waals surface area contributed by atoms with Crippen molar-refractivity contribution in [2.75, 3.05) is 19.6 Å². The smallest absolute Gasteiger partial charge is 0.254 e. The van der Waals surface area contributed by atoms with E-state index in [0.717, 1.165) is 67.2 Å². The number of carbonyl (C=O) groups is 2. The molecule has 160 valence electrons. The van der Waals surface area contributed by atoms with Crippen molar-refractivity contribution in [1.29, 1.82) is 0 Å². The average molecular weight is 408 g/mol. The maximum absolute atomic E-state index is 13.5. The number of pyridine rings is 1. The molecule has 4 rings (SSSR count). The van der Waals surface area contributed by atoms with Crippen LogP contribution in [0.2, 0.25) is 0 Å². The Labute approximate surface area is 179 Å². The lowest BCUT2D eigenvalue weighted by molar-refractivity contribution is -0.126. The highest BCUT2D eigenvalue weighted by Crippen LogP contribution is 2.40. The molecule has 1 saturated carbocycles. The molecular formula is C25H33N3O2. The first-order valence-electron chi connectivity index (χ1n) is 11.6. The second-order valence-electron chi connectivity index (χ2n) is 8.83. The number of nitrogens with zero attached hydrogens (tertiary/aromatic N) is 2. The van der Waals surface area contributed by atoms with Gasteiger partial charge in [-0.2, -0.15) is 0 Å². The number of rotatable bonds is 8. The number of piperidine rings is 1. The van der Waals surface area contributed by atoms with E-state index >= 15 is 0 Å². The number of nitrogens with one attached hydrogen (secondary N) is 1. The molecule has 2 aliphatic rings. The number of benzene rings is 1. The number of unbranched alkanes of at least 4 members (excludes halogenated alkanes) is 3. The van der Waals surface area contributed by atoms with Crippen LogP contribution in [-0.4, -0.2) is 41.3 Å². The molecule has 30 heavy (non-hydrogen) atoms. The number of fused-ring (bicyclic) bond motifs is 1. The van der Waals surface area contributed by atoms with Crippen molar-refractivity contribution in [3.63, 3.8) is 0 Å². The summed E-state index contributed by atoms with van der Waals surface area (Å²) in [5, 5.41) is 4.00. The summed E-state index contributed by atoms with van der Waals surface area (Å²) in [5.41, 5.74) is 2.67. The molecule has 5 heteroatoms. The van der Waals surface area contributed by atoms with Crippen molar-refractivity contribution >= 4 is 22.7 Å². The third kappa shape index (κ3) is 4.82. The van der Waals surface area contributed by atoms with Crippen LogP contribution in [0.4, 0.5) is 0 Å². The van der Waals surface area contributed by atoms with Gasteiger partial charge in [0.2, 0.25) is 5.91 Å². The zero-order valence-corrected chi connectivity index (χ0v) is 18.0. The van der Waals surface area contributed by atoms with E-state index in [2.05, 4.69) is 12.2 Å². The summed E-state index contributed by atoms with van der Waals surface area (Å²) in [4.78, 5) is 32.8. The van der Waals surface area contributed by atoms with Crippen LogP contribution in [0.1, 0.15) is 80.3 Å². The minimum atomic E-state index is -0.107. The number of likely N-dealkylation sites (tertiary alicyclic amines) is 1. The Morgan fingerprint density at radius 1 is 1.13 bits per heavy atom. The summed E-state index contributed by atoms with van der Waals surface area (Å²) in [6, 6.07) is 9.91. The second kappa shape index (κ2) is 9.59. The highest BCUT2D eigenvalue weighted by Gasteiger charge is 2.31. The maximum Gasteiger partial charge on any atom is 0.254 e. The van der Waals surface area contributed by atoms with Gasteiger partial charge in [0.05, 0.1) is 17.0 Å². The fourth-order valence-corrected chi connectivity index (χ4v) is 4.41. The lowest BCUT2D eigenvalue weighted by atomic mass is 9.95. The molecule has 2 amide bonds. The standard InChI is InChI=1S/C25H33N3O2/c1-2-3-4-7-14-26-24(29)19-9-8-15-28(17-19)25(30)21-16-23(18-12-13-18)27-22-11-6-5-10-20(21)22/h5-6,10-11,16,18-19H,2-4,7-9,12-15,17H2,1H3,(H,26,29). The molecule has 1 aliphatic heterocycles. The lowest BCUT2D eigenvalue weighted by Crippen LogP contribution is -2.45. The van der Waals surface area contributed by atoms with Crippen molar-refractivity contribution in [3.8, 4) is 0 Å². The first-order valence-corrected chi connectivity index (χ1v) is 11.6. The molecule has 0 bridgehead atoms. The zero-order valence-electron chi connectivity index (χ0n) is 18.0. The molecule has 2 fully saturated rings. The SMILES string of the molecule is CCCCCCNC(=O)C1CCCN(C(=O)c2cc(C3CC3)nc3ccccc23)C1. The van der Waals surface area contributed by atoms with Crippen molar-refractivity contribution in [1.82, 2.24) is 15.2 Å². The quantitative estimate of drug-likeness (QED) is 0.647. The number of carbonyl (C=O) groups excluding carboxylic acids is 2. The molecule has 2 aromatic rings. The number of para-hydroxylation sites is 1. The largest absolute Gasteiger partial charge is 0.356 e. The average Bonchev–Trinajstić information content (AvgIpc) is 3.63. The first kappa shape index (κ1) is 20.8. The predicted octanol–water partition coefficient (Wildman–Crippen LogP) is 4.66. The van der Waals surface area contributed by atoms with Crippen LogP contribution in [0.15, 0.2) is 30.3 Å². The van der Waals surface area contributed by atoms with Crippen LogP contribution in [0.3, 0.4) is 0 Å². The van der Waals surface area contributed by atoms with Gasteiger partial charge in [0.1, 0.15) is 0 Å². The Kier molecular flexibility index (Phi) is 6.66. The van der Waals surface area contributed by atoms with E-state index < -0.39 is 0 Å². The minimum absolute atomic E-state index is 0.0379. The normalized spacial score (nSPS) is 19.1. The highest BCUT2D eigenvalue weighted by atomic mass is 16.2. The Hall–Kier alpha value is -2.43. The molecule has 1 aromatic heterocycles. The van der Waals surface area contributed by atoms with Crippen LogP contribution in [-0.2, 0) is 4.79 Å². The Morgan fingerprint density at radius 2 is 1.97 bits per heavy atom. The first-order chi connectivity index (χ1) is 14.7. The van der Waals surface area contributed by atoms with Crippen molar-refractivity contribution in [2.24, 2.45) is 5.92 Å². The van der Waals surface area contributed by atoms with Gasteiger partial charge in [0.15, 0.2) is 0 Å². The van der Waals surface area contributed by atoms with Gasteiger partial charge in [0, 0.05) is 36.6 Å². The highest BCUT2D eigenvalue weighted by molar-refractivity contribution is 6.06. The Morgan fingerprint density at radius 3 is 2.77 bits per heavy atom. The van der Waals surface area contributed by atoms with Gasteiger partial charge in [-0.15, -0.1) is 0 Å². The fourth-order valence-electron chi connectivity index (χ4n) is 4.41. The molecule has 1 aromatic carbocycles. The minimum Gasteiger partial charge on any atom is -0.356 e. The van der Waals surface area contributed by atoms with Gasteiger partial charge in [-0.25, -0.2) is 0 Å². The van der Waals surface area contributed by atoms with Gasteiger partial charge in [-0.3, -0.25) is 14.6 Å². The van der Waals surface area contributed by atoms with Crippen molar-refractivity contribution in [2.45, 2.75) is 64.2 Å². The monoisotopic (exact) mass is 407 g/mol. The van der Waals surface area contributed by atoms with Gasteiger partial charge >= 0.3 is 0 Å². The van der Waals surface area contributed by atoms with E-state index in [1.165, 1.54) is 12.8 Å². The van der Waals surface area contributed by atoms with Crippen LogP contribution in [0, 0.1) is 5.92 Å². The summed E-state index contributed by atoms with van der Waals surface area (Å²) >= 11 is 0. The molecule has 0 radical (unpaired) electrons. The molecule has 1 unspecified atom stereocenters. The third-order valence-corrected chi connectivity index (χ3v) is 6.37. The fraction of sp³-hybridized carbons (Fsp3) is 0.560. The van der Waals surface area contributed by atoms with Crippen LogP contribution >= 0.6 is 0 Å². The van der Waals surface area contributed by atoms with E-state index in [4.69, 9.17) is 4.98 Å². The summed E-state index contributed by atoms with van der Waals surface area (Å²) in [5.74, 6) is 0.525. The molecule has 1 atom stereocenters. The molecule has 2 heterocycles. The number of aromatic nitrogens is 1. The molecule has 1 saturated heterocycles. The van der Waals surface area contributed by atoms with E-state index in [1.54, 1.807) is 0 Å². The summed E-state index contributed by atoms with van der Waals surface area (Å²) in [6.07, 6.45) is 8.63. The molecule has 1 aliphatic carbocycles. The van der Waals surface area contributed by atoms with E-state index in [1.807, 2.05) is 35.2 Å². The Bertz CT molecular complexity index is 906. The molecule has 0 spiro atoms. The maximum atomic E-state index is 13.5. The zero-order chi connectivity index (χ0) is 20.9. The molecule has 1 N–H and O–H groups in total. The number of hydrogen-bond acceptors (Lipinski definition) is 3. The summed E-state index contributed by atoms with van der Waals surface area (Å²) < 4.78 is 0.